The second-order valence-corrected chi connectivity index (χ2v) is 5.01. The maximum atomic E-state index is 13.3. The molecule has 2 aromatic rings. The molecule has 0 unspecified atom stereocenters. The molecule has 0 spiro atoms. The maximum absolute atomic E-state index is 13.3. The van der Waals surface area contributed by atoms with Gasteiger partial charge in [0.25, 0.3) is 0 Å². The Hall–Kier alpha value is -1.88. The Bertz CT molecular complexity index is 589. The molecule has 1 aliphatic heterocycles. The van der Waals surface area contributed by atoms with Gasteiger partial charge in [0.1, 0.15) is 0 Å². The van der Waals surface area contributed by atoms with Gasteiger partial charge in [-0.2, -0.15) is 0 Å². The fraction of sp³-hybridized carbons (Fsp3) is 0.333. The Morgan fingerprint density at radius 3 is 2.85 bits per heavy atom. The number of hydrogen-bond donors (Lipinski definition) is 0. The number of hydrogen-bond acceptors (Lipinski definition) is 3. The van der Waals surface area contributed by atoms with E-state index in [1.165, 1.54) is 12.1 Å². The fourth-order valence-corrected chi connectivity index (χ4v) is 2.71. The predicted octanol–water partition coefficient (Wildman–Crippen LogP) is 3.09. The second-order valence-electron chi connectivity index (χ2n) is 5.01. The summed E-state index contributed by atoms with van der Waals surface area (Å²) in [5, 5.41) is 0. The molecule has 3 rings (SSSR count). The summed E-state index contributed by atoms with van der Waals surface area (Å²) in [5.41, 5.74) is 1.72. The average Bonchev–Trinajstić information content (AvgIpc) is 2.92. The van der Waals surface area contributed by atoms with Gasteiger partial charge in [0.05, 0.1) is 11.7 Å². The van der Waals surface area contributed by atoms with Crippen molar-refractivity contribution in [1.82, 2.24) is 14.9 Å². The molecular formula is C15H15F2N3. The van der Waals surface area contributed by atoms with E-state index in [-0.39, 0.29) is 6.04 Å². The standard InChI is InChI=1S/C15H15F2N3/c16-12-4-3-11(8-13(12)17)10-20-7-1-2-15(20)14-9-18-5-6-19-14/h3-6,8-9,15H,1-2,7,10H2/t15-/m0/s1. The van der Waals surface area contributed by atoms with E-state index in [1.54, 1.807) is 24.7 Å². The number of halogens is 2. The van der Waals surface area contributed by atoms with Crippen molar-refractivity contribution in [2.75, 3.05) is 6.54 Å². The van der Waals surface area contributed by atoms with E-state index in [0.29, 0.717) is 6.54 Å². The highest BCUT2D eigenvalue weighted by molar-refractivity contribution is 5.18. The average molecular weight is 275 g/mol. The minimum atomic E-state index is -0.805. The molecule has 1 fully saturated rings. The van der Waals surface area contributed by atoms with Crippen molar-refractivity contribution in [1.29, 1.82) is 0 Å². The lowest BCUT2D eigenvalue weighted by molar-refractivity contribution is 0.243. The van der Waals surface area contributed by atoms with E-state index in [9.17, 15) is 8.78 Å². The first kappa shape index (κ1) is 13.1. The molecule has 0 N–H and O–H groups in total. The zero-order valence-electron chi connectivity index (χ0n) is 11.0. The summed E-state index contributed by atoms with van der Waals surface area (Å²) in [7, 11) is 0. The minimum absolute atomic E-state index is 0.205. The second kappa shape index (κ2) is 5.63. The molecule has 104 valence electrons. The zero-order chi connectivity index (χ0) is 13.9. The van der Waals surface area contributed by atoms with Crippen LogP contribution in [-0.4, -0.2) is 21.4 Å². The van der Waals surface area contributed by atoms with Crippen LogP contribution in [0.2, 0.25) is 0 Å². The van der Waals surface area contributed by atoms with E-state index in [0.717, 1.165) is 30.6 Å². The molecule has 3 nitrogen and oxygen atoms in total. The lowest BCUT2D eigenvalue weighted by Gasteiger charge is -2.23. The largest absolute Gasteiger partial charge is 0.290 e. The molecule has 20 heavy (non-hydrogen) atoms. The minimum Gasteiger partial charge on any atom is -0.290 e. The van der Waals surface area contributed by atoms with E-state index < -0.39 is 11.6 Å². The van der Waals surface area contributed by atoms with Crippen LogP contribution < -0.4 is 0 Å². The molecule has 1 aromatic heterocycles. The Labute approximate surface area is 116 Å². The van der Waals surface area contributed by atoms with Gasteiger partial charge >= 0.3 is 0 Å². The van der Waals surface area contributed by atoms with Crippen LogP contribution in [0.3, 0.4) is 0 Å². The summed E-state index contributed by atoms with van der Waals surface area (Å²) in [6.45, 7) is 1.53. The number of likely N-dealkylation sites (tertiary alicyclic amines) is 1. The summed E-state index contributed by atoms with van der Waals surface area (Å²) in [5.74, 6) is -1.60. The molecule has 0 amide bonds. The normalized spacial score (nSPS) is 19.4. The van der Waals surface area contributed by atoms with Crippen molar-refractivity contribution in [3.63, 3.8) is 0 Å². The van der Waals surface area contributed by atoms with Gasteiger partial charge in [-0.3, -0.25) is 14.9 Å². The molecule has 0 radical (unpaired) electrons. The van der Waals surface area contributed by atoms with Gasteiger partial charge in [-0.05, 0) is 37.1 Å². The third kappa shape index (κ3) is 2.67. The molecule has 0 bridgehead atoms. The summed E-state index contributed by atoms with van der Waals surface area (Å²) < 4.78 is 26.2. The molecule has 0 saturated carbocycles. The zero-order valence-corrected chi connectivity index (χ0v) is 11.0. The van der Waals surface area contributed by atoms with Gasteiger partial charge in [-0.1, -0.05) is 6.07 Å². The quantitative estimate of drug-likeness (QED) is 0.862. The van der Waals surface area contributed by atoms with Crippen LogP contribution in [0.4, 0.5) is 8.78 Å². The lowest BCUT2D eigenvalue weighted by Crippen LogP contribution is -2.23. The molecule has 0 aliphatic carbocycles. The fourth-order valence-electron chi connectivity index (χ4n) is 2.71. The van der Waals surface area contributed by atoms with E-state index in [2.05, 4.69) is 14.9 Å². The molecule has 1 saturated heterocycles. The SMILES string of the molecule is Fc1ccc(CN2CCC[C@H]2c2cnccn2)cc1F. The van der Waals surface area contributed by atoms with Crippen molar-refractivity contribution in [3.8, 4) is 0 Å². The Kier molecular flexibility index (Phi) is 3.69. The van der Waals surface area contributed by atoms with Crippen LogP contribution in [-0.2, 0) is 6.54 Å². The van der Waals surface area contributed by atoms with Crippen molar-refractivity contribution in [2.45, 2.75) is 25.4 Å². The summed E-state index contributed by atoms with van der Waals surface area (Å²) >= 11 is 0. The lowest BCUT2D eigenvalue weighted by atomic mass is 10.1. The number of aromatic nitrogens is 2. The monoisotopic (exact) mass is 275 g/mol. The predicted molar refractivity (Wildman–Crippen MR) is 70.8 cm³/mol. The highest BCUT2D eigenvalue weighted by Crippen LogP contribution is 2.31. The molecule has 1 atom stereocenters. The van der Waals surface area contributed by atoms with Crippen LogP contribution in [0.1, 0.15) is 30.1 Å². The number of nitrogens with zero attached hydrogens (tertiary/aromatic N) is 3. The third-order valence-corrected chi connectivity index (χ3v) is 3.66. The van der Waals surface area contributed by atoms with Crippen LogP contribution in [0, 0.1) is 11.6 Å². The van der Waals surface area contributed by atoms with Crippen molar-refractivity contribution in [3.05, 3.63) is 59.7 Å². The smallest absolute Gasteiger partial charge is 0.159 e. The molecular weight excluding hydrogens is 260 g/mol. The van der Waals surface area contributed by atoms with Gasteiger partial charge in [-0.15, -0.1) is 0 Å². The van der Waals surface area contributed by atoms with E-state index >= 15 is 0 Å². The summed E-state index contributed by atoms with van der Waals surface area (Å²) in [6, 6.07) is 4.28. The molecule has 5 heteroatoms. The first-order valence-electron chi connectivity index (χ1n) is 6.68. The van der Waals surface area contributed by atoms with Crippen LogP contribution in [0.15, 0.2) is 36.8 Å². The van der Waals surface area contributed by atoms with Gasteiger partial charge in [0, 0.05) is 25.1 Å². The first-order valence-corrected chi connectivity index (χ1v) is 6.68. The van der Waals surface area contributed by atoms with Crippen LogP contribution in [0.5, 0.6) is 0 Å². The number of rotatable bonds is 3. The topological polar surface area (TPSA) is 29.0 Å². The van der Waals surface area contributed by atoms with E-state index in [1.807, 2.05) is 0 Å². The van der Waals surface area contributed by atoms with Crippen molar-refractivity contribution < 1.29 is 8.78 Å². The van der Waals surface area contributed by atoms with Crippen molar-refractivity contribution in [2.24, 2.45) is 0 Å². The first-order chi connectivity index (χ1) is 9.74. The Morgan fingerprint density at radius 2 is 2.10 bits per heavy atom. The Morgan fingerprint density at radius 1 is 1.20 bits per heavy atom. The molecule has 1 aromatic carbocycles. The van der Waals surface area contributed by atoms with Gasteiger partial charge in [-0.25, -0.2) is 8.78 Å². The van der Waals surface area contributed by atoms with Crippen molar-refractivity contribution >= 4 is 0 Å². The number of benzene rings is 1. The third-order valence-electron chi connectivity index (χ3n) is 3.66. The highest BCUT2D eigenvalue weighted by atomic mass is 19.2. The Balaban J connectivity index is 1.77. The maximum Gasteiger partial charge on any atom is 0.159 e. The molecule has 1 aliphatic rings. The van der Waals surface area contributed by atoms with Gasteiger partial charge in [0.2, 0.25) is 0 Å². The van der Waals surface area contributed by atoms with Crippen LogP contribution >= 0.6 is 0 Å². The molecule has 2 heterocycles. The van der Waals surface area contributed by atoms with E-state index in [4.69, 9.17) is 0 Å². The van der Waals surface area contributed by atoms with Crippen LogP contribution in [0.25, 0.3) is 0 Å². The highest BCUT2D eigenvalue weighted by Gasteiger charge is 2.27. The van der Waals surface area contributed by atoms with Gasteiger partial charge < -0.3 is 0 Å². The summed E-state index contributed by atoms with van der Waals surface area (Å²) in [6.07, 6.45) is 7.20. The summed E-state index contributed by atoms with van der Waals surface area (Å²) in [4.78, 5) is 10.7. The van der Waals surface area contributed by atoms with Gasteiger partial charge in [0.15, 0.2) is 11.6 Å².